The van der Waals surface area contributed by atoms with Gasteiger partial charge in [0, 0.05) is 18.1 Å². The van der Waals surface area contributed by atoms with Gasteiger partial charge in [0.2, 0.25) is 0 Å². The Kier molecular flexibility index (Phi) is 2.97. The van der Waals surface area contributed by atoms with Gasteiger partial charge in [-0.3, -0.25) is 4.90 Å². The molecule has 1 rings (SSSR count). The van der Waals surface area contributed by atoms with Crippen LogP contribution in [0, 0.1) is 5.41 Å². The van der Waals surface area contributed by atoms with E-state index < -0.39 is 6.17 Å². The fourth-order valence-corrected chi connectivity index (χ4v) is 2.52. The first kappa shape index (κ1) is 12.0. The monoisotopic (exact) mass is 201 g/mol. The maximum Gasteiger partial charge on any atom is 0.117 e. The number of hydrogen-bond acceptors (Lipinski definition) is 1. The summed E-state index contributed by atoms with van der Waals surface area (Å²) in [5.41, 5.74) is 0.113. The molecule has 0 amide bonds. The van der Waals surface area contributed by atoms with Gasteiger partial charge in [0.05, 0.1) is 0 Å². The molecule has 1 saturated heterocycles. The van der Waals surface area contributed by atoms with Crippen molar-refractivity contribution in [2.75, 3.05) is 6.54 Å². The summed E-state index contributed by atoms with van der Waals surface area (Å²) >= 11 is 0. The van der Waals surface area contributed by atoms with E-state index >= 15 is 0 Å². The Morgan fingerprint density at radius 3 is 1.86 bits per heavy atom. The van der Waals surface area contributed by atoms with E-state index in [1.54, 1.807) is 0 Å². The first-order chi connectivity index (χ1) is 6.14. The zero-order valence-electron chi connectivity index (χ0n) is 10.4. The molecule has 1 nitrogen and oxygen atoms in total. The topological polar surface area (TPSA) is 3.24 Å². The van der Waals surface area contributed by atoms with E-state index in [1.165, 1.54) is 0 Å². The SMILES string of the molecule is CC(C)(C)[C@@H]1[C@@H](F)CCN1C(C)(C)C. The van der Waals surface area contributed by atoms with Gasteiger partial charge in [0.15, 0.2) is 0 Å². The van der Waals surface area contributed by atoms with Gasteiger partial charge in [-0.2, -0.15) is 0 Å². The van der Waals surface area contributed by atoms with Crippen LogP contribution < -0.4 is 0 Å². The number of halogens is 1. The molecule has 14 heavy (non-hydrogen) atoms. The highest BCUT2D eigenvalue weighted by Gasteiger charge is 2.45. The highest BCUT2D eigenvalue weighted by molar-refractivity contribution is 4.99. The van der Waals surface area contributed by atoms with Crippen LogP contribution in [0.25, 0.3) is 0 Å². The van der Waals surface area contributed by atoms with Crippen LogP contribution in [0.5, 0.6) is 0 Å². The molecule has 1 fully saturated rings. The van der Waals surface area contributed by atoms with Crippen LogP contribution in [0.3, 0.4) is 0 Å². The van der Waals surface area contributed by atoms with E-state index in [0.29, 0.717) is 6.42 Å². The Morgan fingerprint density at radius 2 is 1.57 bits per heavy atom. The Balaban J connectivity index is 2.88. The molecule has 1 aliphatic rings. The predicted octanol–water partition coefficient (Wildman–Crippen LogP) is 3.24. The van der Waals surface area contributed by atoms with Crippen LogP contribution in [0.1, 0.15) is 48.0 Å². The van der Waals surface area contributed by atoms with Crippen LogP contribution >= 0.6 is 0 Å². The number of hydrogen-bond donors (Lipinski definition) is 0. The average molecular weight is 201 g/mol. The number of nitrogens with zero attached hydrogens (tertiary/aromatic N) is 1. The van der Waals surface area contributed by atoms with Crippen LogP contribution in [0.2, 0.25) is 0 Å². The van der Waals surface area contributed by atoms with E-state index in [1.807, 2.05) is 0 Å². The molecule has 0 radical (unpaired) electrons. The normalized spacial score (nSPS) is 31.1. The molecule has 0 aliphatic carbocycles. The lowest BCUT2D eigenvalue weighted by atomic mass is 9.83. The molecule has 0 unspecified atom stereocenters. The highest BCUT2D eigenvalue weighted by atomic mass is 19.1. The molecule has 84 valence electrons. The first-order valence-corrected chi connectivity index (χ1v) is 5.55. The number of alkyl halides is 1. The molecular weight excluding hydrogens is 177 g/mol. The van der Waals surface area contributed by atoms with Crippen molar-refractivity contribution < 1.29 is 4.39 Å². The molecule has 2 atom stereocenters. The van der Waals surface area contributed by atoms with Crippen molar-refractivity contribution in [3.63, 3.8) is 0 Å². The van der Waals surface area contributed by atoms with Crippen molar-refractivity contribution in [2.45, 2.75) is 65.7 Å². The van der Waals surface area contributed by atoms with Crippen LogP contribution in [0.15, 0.2) is 0 Å². The third-order valence-corrected chi connectivity index (χ3v) is 3.07. The summed E-state index contributed by atoms with van der Waals surface area (Å²) in [7, 11) is 0. The van der Waals surface area contributed by atoms with Gasteiger partial charge in [-0.15, -0.1) is 0 Å². The third kappa shape index (κ3) is 2.28. The molecule has 0 saturated carbocycles. The maximum absolute atomic E-state index is 13.8. The standard InChI is InChI=1S/C12H24FN/c1-11(2,3)10-9(13)7-8-14(10)12(4,5)6/h9-10H,7-8H2,1-6H3/t9-,10-/m0/s1. The molecule has 0 N–H and O–H groups in total. The van der Waals surface area contributed by atoms with E-state index in [2.05, 4.69) is 46.4 Å². The number of rotatable bonds is 0. The van der Waals surface area contributed by atoms with Gasteiger partial charge >= 0.3 is 0 Å². The zero-order valence-corrected chi connectivity index (χ0v) is 10.4. The molecule has 0 aromatic carbocycles. The van der Waals surface area contributed by atoms with E-state index in [4.69, 9.17) is 0 Å². The molecule has 1 aliphatic heterocycles. The van der Waals surface area contributed by atoms with Crippen LogP contribution in [-0.4, -0.2) is 29.2 Å². The molecule has 0 spiro atoms. The predicted molar refractivity (Wildman–Crippen MR) is 59.2 cm³/mol. The summed E-state index contributed by atoms with van der Waals surface area (Å²) in [6.07, 6.45) is 0.0355. The second-order valence-electron chi connectivity index (χ2n) is 6.48. The lowest BCUT2D eigenvalue weighted by Crippen LogP contribution is -2.52. The molecule has 0 aromatic heterocycles. The van der Waals surface area contributed by atoms with Crippen molar-refractivity contribution in [2.24, 2.45) is 5.41 Å². The summed E-state index contributed by atoms with van der Waals surface area (Å²) in [5, 5.41) is 0. The van der Waals surface area contributed by atoms with Gasteiger partial charge in [0.25, 0.3) is 0 Å². The summed E-state index contributed by atoms with van der Waals surface area (Å²) in [5.74, 6) is 0. The smallest absolute Gasteiger partial charge is 0.117 e. The molecule has 0 aromatic rings. The average Bonchev–Trinajstić information content (AvgIpc) is 2.27. The number of likely N-dealkylation sites (tertiary alicyclic amines) is 1. The van der Waals surface area contributed by atoms with Crippen LogP contribution in [-0.2, 0) is 0 Å². The fraction of sp³-hybridized carbons (Fsp3) is 1.00. The molecule has 1 heterocycles. The Bertz CT molecular complexity index is 199. The Labute approximate surface area is 87.7 Å². The van der Waals surface area contributed by atoms with Crippen LogP contribution in [0.4, 0.5) is 4.39 Å². The Morgan fingerprint density at radius 1 is 1.07 bits per heavy atom. The zero-order chi connectivity index (χ0) is 11.1. The Hall–Kier alpha value is -0.110. The summed E-state index contributed by atoms with van der Waals surface area (Å²) in [6, 6.07) is 0.0718. The van der Waals surface area contributed by atoms with Crippen molar-refractivity contribution in [3.05, 3.63) is 0 Å². The molecular formula is C12H24FN. The van der Waals surface area contributed by atoms with Gasteiger partial charge < -0.3 is 0 Å². The van der Waals surface area contributed by atoms with E-state index in [9.17, 15) is 4.39 Å². The highest BCUT2D eigenvalue weighted by Crippen LogP contribution is 2.38. The van der Waals surface area contributed by atoms with Gasteiger partial charge in [-0.05, 0) is 32.6 Å². The maximum atomic E-state index is 13.8. The van der Waals surface area contributed by atoms with Gasteiger partial charge in [-0.25, -0.2) is 4.39 Å². The summed E-state index contributed by atoms with van der Waals surface area (Å²) in [4.78, 5) is 2.32. The minimum absolute atomic E-state index is 0.0309. The quantitative estimate of drug-likeness (QED) is 0.581. The minimum atomic E-state index is -0.658. The van der Waals surface area contributed by atoms with Crippen molar-refractivity contribution >= 4 is 0 Å². The summed E-state index contributed by atoms with van der Waals surface area (Å²) < 4.78 is 13.8. The largest absolute Gasteiger partial charge is 0.292 e. The van der Waals surface area contributed by atoms with E-state index in [-0.39, 0.29) is 17.0 Å². The van der Waals surface area contributed by atoms with Gasteiger partial charge in [-0.1, -0.05) is 20.8 Å². The second-order valence-corrected chi connectivity index (χ2v) is 6.48. The van der Waals surface area contributed by atoms with Gasteiger partial charge in [0.1, 0.15) is 6.17 Å². The second kappa shape index (κ2) is 3.48. The van der Waals surface area contributed by atoms with E-state index in [0.717, 1.165) is 6.54 Å². The van der Waals surface area contributed by atoms with Crippen molar-refractivity contribution in [1.29, 1.82) is 0 Å². The van der Waals surface area contributed by atoms with Crippen molar-refractivity contribution in [3.8, 4) is 0 Å². The third-order valence-electron chi connectivity index (χ3n) is 3.07. The molecule has 0 bridgehead atoms. The lowest BCUT2D eigenvalue weighted by molar-refractivity contribution is 0.0299. The first-order valence-electron chi connectivity index (χ1n) is 5.55. The molecule has 2 heteroatoms. The van der Waals surface area contributed by atoms with Crippen molar-refractivity contribution in [1.82, 2.24) is 4.90 Å². The summed E-state index contributed by atoms with van der Waals surface area (Å²) in [6.45, 7) is 13.8. The lowest BCUT2D eigenvalue weighted by Gasteiger charge is -2.43. The fourth-order valence-electron chi connectivity index (χ4n) is 2.52. The minimum Gasteiger partial charge on any atom is -0.292 e.